The Labute approximate surface area is 114 Å². The third-order valence-corrected chi connectivity index (χ3v) is 3.30. The molecule has 4 nitrogen and oxygen atoms in total. The van der Waals surface area contributed by atoms with E-state index >= 15 is 0 Å². The van der Waals surface area contributed by atoms with Gasteiger partial charge in [-0.1, -0.05) is 25.1 Å². The number of methoxy groups -OCH3 is 1. The Bertz CT molecular complexity index is 522. The third kappa shape index (κ3) is 3.35. The second-order valence-electron chi connectivity index (χ2n) is 4.66. The molecule has 102 valence electrons. The van der Waals surface area contributed by atoms with Crippen LogP contribution in [0.5, 0.6) is 5.75 Å². The summed E-state index contributed by atoms with van der Waals surface area (Å²) >= 11 is 0. The number of nitrogens with zero attached hydrogens (tertiary/aromatic N) is 2. The Hall–Kier alpha value is -1.81. The van der Waals surface area contributed by atoms with Crippen LogP contribution in [0.25, 0.3) is 0 Å². The molecule has 2 aromatic rings. The zero-order chi connectivity index (χ0) is 13.7. The summed E-state index contributed by atoms with van der Waals surface area (Å²) in [6.45, 7) is 2.86. The van der Waals surface area contributed by atoms with Gasteiger partial charge in [-0.05, 0) is 12.5 Å². The van der Waals surface area contributed by atoms with Crippen LogP contribution in [0.15, 0.2) is 36.7 Å². The van der Waals surface area contributed by atoms with Crippen LogP contribution >= 0.6 is 0 Å². The van der Waals surface area contributed by atoms with Gasteiger partial charge in [0.25, 0.3) is 0 Å². The van der Waals surface area contributed by atoms with Gasteiger partial charge in [0, 0.05) is 30.4 Å². The fraction of sp³-hybridized carbons (Fsp3) is 0.400. The number of rotatable bonds is 6. The van der Waals surface area contributed by atoms with Crippen LogP contribution in [0.4, 0.5) is 0 Å². The second kappa shape index (κ2) is 6.38. The second-order valence-corrected chi connectivity index (χ2v) is 4.66. The van der Waals surface area contributed by atoms with Crippen molar-refractivity contribution < 1.29 is 4.74 Å². The zero-order valence-electron chi connectivity index (χ0n) is 11.5. The number of imidazole rings is 1. The van der Waals surface area contributed by atoms with Crippen molar-refractivity contribution in [2.75, 3.05) is 7.11 Å². The maximum atomic E-state index is 6.00. The summed E-state index contributed by atoms with van der Waals surface area (Å²) in [5.74, 6) is 1.93. The lowest BCUT2D eigenvalue weighted by molar-refractivity contribution is 0.408. The highest BCUT2D eigenvalue weighted by Gasteiger charge is 2.09. The van der Waals surface area contributed by atoms with Gasteiger partial charge in [0.05, 0.1) is 13.7 Å². The van der Waals surface area contributed by atoms with Gasteiger partial charge in [0.2, 0.25) is 0 Å². The third-order valence-electron chi connectivity index (χ3n) is 3.30. The smallest absolute Gasteiger partial charge is 0.123 e. The monoisotopic (exact) mass is 259 g/mol. The first-order valence-electron chi connectivity index (χ1n) is 6.62. The van der Waals surface area contributed by atoms with E-state index in [1.165, 1.54) is 0 Å². The number of ether oxygens (including phenoxy) is 1. The van der Waals surface area contributed by atoms with Crippen molar-refractivity contribution >= 4 is 0 Å². The molecule has 19 heavy (non-hydrogen) atoms. The Morgan fingerprint density at radius 1 is 1.37 bits per heavy atom. The molecule has 0 saturated carbocycles. The van der Waals surface area contributed by atoms with Crippen molar-refractivity contribution in [2.45, 2.75) is 32.4 Å². The fourth-order valence-electron chi connectivity index (χ4n) is 2.07. The van der Waals surface area contributed by atoms with Crippen LogP contribution in [-0.2, 0) is 13.0 Å². The Morgan fingerprint density at radius 2 is 2.16 bits per heavy atom. The van der Waals surface area contributed by atoms with Crippen LogP contribution in [-0.4, -0.2) is 22.7 Å². The average Bonchev–Trinajstić information content (AvgIpc) is 2.86. The maximum Gasteiger partial charge on any atom is 0.123 e. The highest BCUT2D eigenvalue weighted by Crippen LogP contribution is 2.19. The van der Waals surface area contributed by atoms with E-state index < -0.39 is 0 Å². The minimum absolute atomic E-state index is 0.166. The summed E-state index contributed by atoms with van der Waals surface area (Å²) in [6.07, 6.45) is 5.58. The predicted octanol–water partition coefficient (Wildman–Crippen LogP) is 2.22. The van der Waals surface area contributed by atoms with Crippen molar-refractivity contribution in [3.05, 3.63) is 48.0 Å². The van der Waals surface area contributed by atoms with Crippen molar-refractivity contribution in [1.29, 1.82) is 0 Å². The van der Waals surface area contributed by atoms with Crippen molar-refractivity contribution in [3.63, 3.8) is 0 Å². The molecule has 1 atom stereocenters. The standard InChI is InChI=1S/C15H21N3O/c1-3-13(16)10-15-17-8-9-18(15)11-12-6-4-5-7-14(12)19-2/h4-9,13H,3,10-11,16H2,1-2H3. The highest BCUT2D eigenvalue weighted by atomic mass is 16.5. The van der Waals surface area contributed by atoms with E-state index in [1.807, 2.05) is 30.6 Å². The summed E-state index contributed by atoms with van der Waals surface area (Å²) in [5.41, 5.74) is 7.15. The number of hydrogen-bond donors (Lipinski definition) is 1. The number of nitrogens with two attached hydrogens (primary N) is 1. The molecule has 2 N–H and O–H groups in total. The summed E-state index contributed by atoms with van der Waals surface area (Å²) in [7, 11) is 1.70. The van der Waals surface area contributed by atoms with Crippen LogP contribution < -0.4 is 10.5 Å². The molecule has 0 spiro atoms. The molecular formula is C15H21N3O. The molecule has 0 aliphatic heterocycles. The molecule has 1 aromatic carbocycles. The fourth-order valence-corrected chi connectivity index (χ4v) is 2.07. The Balaban J connectivity index is 2.17. The van der Waals surface area contributed by atoms with Crippen molar-refractivity contribution in [1.82, 2.24) is 9.55 Å². The normalized spacial score (nSPS) is 12.4. The first-order valence-corrected chi connectivity index (χ1v) is 6.62. The first kappa shape index (κ1) is 13.6. The van der Waals surface area contributed by atoms with Gasteiger partial charge in [-0.2, -0.15) is 0 Å². The number of para-hydroxylation sites is 1. The van der Waals surface area contributed by atoms with Crippen LogP contribution in [0.1, 0.15) is 24.7 Å². The maximum absolute atomic E-state index is 6.00. The molecule has 0 fully saturated rings. The molecule has 0 saturated heterocycles. The Morgan fingerprint density at radius 3 is 2.89 bits per heavy atom. The van der Waals surface area contributed by atoms with Gasteiger partial charge in [-0.25, -0.2) is 4.98 Å². The van der Waals surface area contributed by atoms with Crippen molar-refractivity contribution in [2.24, 2.45) is 5.73 Å². The molecule has 0 bridgehead atoms. The molecule has 1 unspecified atom stereocenters. The van der Waals surface area contributed by atoms with Gasteiger partial charge < -0.3 is 15.0 Å². The SMILES string of the molecule is CCC(N)Cc1nccn1Cc1ccccc1OC. The van der Waals surface area contributed by atoms with E-state index in [4.69, 9.17) is 10.5 Å². The highest BCUT2D eigenvalue weighted by molar-refractivity contribution is 5.33. The van der Waals surface area contributed by atoms with E-state index in [1.54, 1.807) is 7.11 Å². The number of aromatic nitrogens is 2. The Kier molecular flexibility index (Phi) is 4.58. The molecule has 0 amide bonds. The summed E-state index contributed by atoms with van der Waals surface area (Å²) in [4.78, 5) is 4.40. The van der Waals surface area contributed by atoms with Gasteiger partial charge in [-0.15, -0.1) is 0 Å². The van der Waals surface area contributed by atoms with Crippen LogP contribution in [0.3, 0.4) is 0 Å². The molecule has 4 heteroatoms. The van der Waals surface area contributed by atoms with E-state index in [0.717, 1.165) is 36.5 Å². The summed E-state index contributed by atoms with van der Waals surface area (Å²) < 4.78 is 7.51. The van der Waals surface area contributed by atoms with Gasteiger partial charge in [-0.3, -0.25) is 0 Å². The molecule has 1 heterocycles. The lowest BCUT2D eigenvalue weighted by Crippen LogP contribution is -2.23. The van der Waals surface area contributed by atoms with E-state index in [0.29, 0.717) is 0 Å². The lowest BCUT2D eigenvalue weighted by Gasteiger charge is -2.13. The molecule has 0 aliphatic carbocycles. The van der Waals surface area contributed by atoms with Crippen molar-refractivity contribution in [3.8, 4) is 5.75 Å². The minimum atomic E-state index is 0.166. The molecule has 1 aromatic heterocycles. The summed E-state index contributed by atoms with van der Waals surface area (Å²) in [5, 5.41) is 0. The quantitative estimate of drug-likeness (QED) is 0.865. The summed E-state index contributed by atoms with van der Waals surface area (Å²) in [6, 6.07) is 8.21. The predicted molar refractivity (Wildman–Crippen MR) is 76.3 cm³/mol. The molecule has 0 radical (unpaired) electrons. The van der Waals surface area contributed by atoms with Crippen LogP contribution in [0, 0.1) is 0 Å². The molecular weight excluding hydrogens is 238 g/mol. The largest absolute Gasteiger partial charge is 0.496 e. The number of hydrogen-bond acceptors (Lipinski definition) is 3. The lowest BCUT2D eigenvalue weighted by atomic mass is 10.1. The van der Waals surface area contributed by atoms with E-state index in [-0.39, 0.29) is 6.04 Å². The number of benzene rings is 1. The van der Waals surface area contributed by atoms with Gasteiger partial charge in [0.15, 0.2) is 0 Å². The first-order chi connectivity index (χ1) is 9.24. The zero-order valence-corrected chi connectivity index (χ0v) is 11.5. The van der Waals surface area contributed by atoms with Gasteiger partial charge in [0.1, 0.15) is 11.6 Å². The topological polar surface area (TPSA) is 53.1 Å². The average molecular weight is 259 g/mol. The van der Waals surface area contributed by atoms with Gasteiger partial charge >= 0.3 is 0 Å². The molecule has 0 aliphatic rings. The van der Waals surface area contributed by atoms with E-state index in [2.05, 4.69) is 22.5 Å². The van der Waals surface area contributed by atoms with Crippen LogP contribution in [0.2, 0.25) is 0 Å². The molecule has 2 rings (SSSR count). The minimum Gasteiger partial charge on any atom is -0.496 e. The van der Waals surface area contributed by atoms with E-state index in [9.17, 15) is 0 Å².